The first-order valence-corrected chi connectivity index (χ1v) is 22.0. The smallest absolute Gasteiger partial charge is 0.141 e. The maximum absolute atomic E-state index is 13.6. The highest BCUT2D eigenvalue weighted by Crippen LogP contribution is 2.83. The third-order valence-corrected chi connectivity index (χ3v) is 21.7. The molecule has 3 nitrogen and oxygen atoms in total. The summed E-state index contributed by atoms with van der Waals surface area (Å²) >= 11 is 0. The molecule has 4 saturated carbocycles. The van der Waals surface area contributed by atoms with E-state index in [0.717, 1.165) is 31.8 Å². The van der Waals surface area contributed by atoms with E-state index in [1.54, 1.807) is 0 Å². The zero-order chi connectivity index (χ0) is 34.0. The second kappa shape index (κ2) is 11.5. The molecule has 0 spiro atoms. The van der Waals surface area contributed by atoms with Crippen LogP contribution in [0.1, 0.15) is 145 Å². The molecule has 0 aromatic heterocycles. The van der Waals surface area contributed by atoms with Crippen LogP contribution in [0.2, 0.25) is 0 Å². The first-order valence-electron chi connectivity index (χ1n) is 20.5. The van der Waals surface area contributed by atoms with Crippen molar-refractivity contribution < 1.29 is 14.6 Å². The van der Waals surface area contributed by atoms with Crippen LogP contribution in [-0.2, 0) is 9.53 Å². The first kappa shape index (κ1) is 34.2. The standard InChI is InChI=1S/C44H67O3P/c1-9-47-36-18-19-40(5)33(28(36)4)16-20-43(8)41(6)23-24-44(22-15-32(27(2)3)37(44)34(41)17-21-42(40,43)7)26-31-25-35(46)39-38(48(31)39)29-11-10-12-30(45)14-13-29/h12-14,27-29,31,33-34,36,38-39,45H,9-11,15-26H2,1-8H3. The normalized spacial score (nSPS) is 52.6. The van der Waals surface area contributed by atoms with E-state index in [2.05, 4.69) is 61.5 Å². The Morgan fingerprint density at radius 2 is 1.71 bits per heavy atom. The minimum absolute atomic E-state index is 0.225. The quantitative estimate of drug-likeness (QED) is 0.225. The van der Waals surface area contributed by atoms with Crippen molar-refractivity contribution in [3.05, 3.63) is 35.1 Å². The molecule has 6 fully saturated rings. The first-order chi connectivity index (χ1) is 22.8. The van der Waals surface area contributed by atoms with E-state index in [-0.39, 0.29) is 7.92 Å². The summed E-state index contributed by atoms with van der Waals surface area (Å²) in [6.45, 7) is 21.6. The number of ketones is 1. The molecule has 48 heavy (non-hydrogen) atoms. The minimum atomic E-state index is -0.225. The summed E-state index contributed by atoms with van der Waals surface area (Å²) in [4.78, 5) is 13.6. The fourth-order valence-electron chi connectivity index (χ4n) is 15.3. The molecule has 4 heteroatoms. The molecule has 14 atom stereocenters. The van der Waals surface area contributed by atoms with Crippen LogP contribution < -0.4 is 0 Å². The molecule has 8 aliphatic rings. The second-order valence-corrected chi connectivity index (χ2v) is 22.4. The zero-order valence-electron chi connectivity index (χ0n) is 31.7. The maximum atomic E-state index is 13.6. The molecule has 266 valence electrons. The van der Waals surface area contributed by atoms with Gasteiger partial charge in [-0.2, -0.15) is 0 Å². The monoisotopic (exact) mass is 674 g/mol. The average molecular weight is 675 g/mol. The van der Waals surface area contributed by atoms with Crippen LogP contribution in [-0.4, -0.2) is 40.6 Å². The van der Waals surface area contributed by atoms with E-state index in [9.17, 15) is 9.90 Å². The fourth-order valence-corrected chi connectivity index (χ4v) is 19.5. The number of aliphatic hydroxyl groups excluding tert-OH is 1. The van der Waals surface area contributed by atoms with Crippen molar-refractivity contribution >= 4 is 13.7 Å². The van der Waals surface area contributed by atoms with Gasteiger partial charge >= 0.3 is 0 Å². The van der Waals surface area contributed by atoms with Gasteiger partial charge in [-0.15, -0.1) is 0 Å². The van der Waals surface area contributed by atoms with Crippen LogP contribution in [0.15, 0.2) is 35.1 Å². The van der Waals surface area contributed by atoms with Crippen LogP contribution in [0, 0.1) is 56.7 Å². The van der Waals surface area contributed by atoms with Crippen molar-refractivity contribution in [1.82, 2.24) is 0 Å². The predicted molar refractivity (Wildman–Crippen MR) is 200 cm³/mol. The lowest BCUT2D eigenvalue weighted by atomic mass is 9.29. The van der Waals surface area contributed by atoms with E-state index in [1.807, 2.05) is 23.3 Å². The van der Waals surface area contributed by atoms with Gasteiger partial charge in [-0.3, -0.25) is 4.79 Å². The number of fused-ring (bicyclic) bond motifs is 8. The Bertz CT molecular complexity index is 1430. The fraction of sp³-hybridized carbons (Fsp3) is 0.841. The van der Waals surface area contributed by atoms with Gasteiger partial charge in [0.25, 0.3) is 0 Å². The van der Waals surface area contributed by atoms with Crippen LogP contribution in [0.5, 0.6) is 0 Å². The van der Waals surface area contributed by atoms with Gasteiger partial charge in [0.2, 0.25) is 0 Å². The van der Waals surface area contributed by atoms with Crippen molar-refractivity contribution in [3.63, 3.8) is 0 Å². The van der Waals surface area contributed by atoms with Crippen LogP contribution in [0.25, 0.3) is 0 Å². The average Bonchev–Trinajstić information content (AvgIpc) is 3.62. The third-order valence-electron chi connectivity index (χ3n) is 18.2. The summed E-state index contributed by atoms with van der Waals surface area (Å²) in [5.41, 5.74) is 7.05. The number of Topliss-reactive ketones (excluding diaryl/α,β-unsaturated/α-hetero) is 1. The Morgan fingerprint density at radius 3 is 2.46 bits per heavy atom. The molecule has 0 aromatic carbocycles. The molecule has 0 radical (unpaired) electrons. The van der Waals surface area contributed by atoms with Gasteiger partial charge in [-0.25, -0.2) is 0 Å². The van der Waals surface area contributed by atoms with Crippen molar-refractivity contribution in [1.29, 1.82) is 0 Å². The number of hydrogen-bond donors (Lipinski definition) is 1. The molecule has 2 aliphatic heterocycles. The highest BCUT2D eigenvalue weighted by atomic mass is 31.1. The highest BCUT2D eigenvalue weighted by molar-refractivity contribution is 7.70. The molecule has 8 rings (SSSR count). The molecule has 6 aliphatic carbocycles. The molecule has 0 bridgehead atoms. The predicted octanol–water partition coefficient (Wildman–Crippen LogP) is 11.6. The van der Waals surface area contributed by atoms with Crippen LogP contribution >= 0.6 is 7.92 Å². The number of rotatable bonds is 6. The summed E-state index contributed by atoms with van der Waals surface area (Å²) in [6.07, 6.45) is 24.2. The molecule has 0 amide bonds. The highest BCUT2D eigenvalue weighted by Gasteiger charge is 2.73. The van der Waals surface area contributed by atoms with E-state index in [0.29, 0.717) is 85.4 Å². The Morgan fingerprint density at radius 1 is 0.958 bits per heavy atom. The molecular weight excluding hydrogens is 607 g/mol. The van der Waals surface area contributed by atoms with E-state index in [1.165, 1.54) is 70.6 Å². The van der Waals surface area contributed by atoms with Gasteiger partial charge in [0.1, 0.15) is 11.5 Å². The van der Waals surface area contributed by atoms with Crippen LogP contribution in [0.3, 0.4) is 0 Å². The molecule has 2 saturated heterocycles. The van der Waals surface area contributed by atoms with Gasteiger partial charge in [-0.1, -0.05) is 73.6 Å². The lowest BCUT2D eigenvalue weighted by Crippen LogP contribution is -2.69. The Kier molecular flexibility index (Phi) is 8.22. The number of carbonyl (C=O) groups is 1. The lowest BCUT2D eigenvalue weighted by Gasteiger charge is -2.76. The summed E-state index contributed by atoms with van der Waals surface area (Å²) in [6, 6.07) is 0. The van der Waals surface area contributed by atoms with Gasteiger partial charge in [0.05, 0.1) is 6.10 Å². The number of aliphatic hydroxyl groups is 1. The van der Waals surface area contributed by atoms with E-state index >= 15 is 0 Å². The number of hydrogen-bond acceptors (Lipinski definition) is 3. The van der Waals surface area contributed by atoms with E-state index in [4.69, 9.17) is 4.74 Å². The van der Waals surface area contributed by atoms with Crippen molar-refractivity contribution in [2.45, 2.75) is 168 Å². The number of allylic oxidation sites excluding steroid dienone is 5. The summed E-state index contributed by atoms with van der Waals surface area (Å²) in [7, 11) is -0.225. The van der Waals surface area contributed by atoms with Crippen molar-refractivity contribution in [3.8, 4) is 0 Å². The van der Waals surface area contributed by atoms with E-state index < -0.39 is 0 Å². The molecule has 0 aromatic rings. The Hall–Kier alpha value is -0.920. The molecule has 1 N–H and O–H groups in total. The van der Waals surface area contributed by atoms with Gasteiger partial charge in [-0.05, 0) is 165 Å². The topological polar surface area (TPSA) is 46.5 Å². The SMILES string of the molecule is CCOC1CCC2(C)C(CCC3(C)C4(C)CCC5(CC6CC(=O)C7C(C8C=CC(O)=CCC8)P67)CCC(C(C)C)=C5C4CCC23C)C1C. The molecular formula is C44H67O3P. The summed E-state index contributed by atoms with van der Waals surface area (Å²) in [5, 5.41) is 10.1. The minimum Gasteiger partial charge on any atom is -0.508 e. The second-order valence-electron chi connectivity index (χ2n) is 19.6. The third kappa shape index (κ3) is 4.46. The van der Waals surface area contributed by atoms with Gasteiger partial charge in [0, 0.05) is 24.3 Å². The van der Waals surface area contributed by atoms with Crippen molar-refractivity contribution in [2.24, 2.45) is 56.7 Å². The largest absolute Gasteiger partial charge is 0.508 e. The molecule has 2 heterocycles. The molecule has 14 unspecified atom stereocenters. The Labute approximate surface area is 294 Å². The van der Waals surface area contributed by atoms with Gasteiger partial charge in [0.15, 0.2) is 0 Å². The summed E-state index contributed by atoms with van der Waals surface area (Å²) in [5.74, 6) is 4.24. The van der Waals surface area contributed by atoms with Crippen molar-refractivity contribution in [2.75, 3.05) is 6.61 Å². The van der Waals surface area contributed by atoms with Crippen LogP contribution in [0.4, 0.5) is 0 Å². The number of carbonyl (C=O) groups excluding carboxylic acids is 1. The Balaban J connectivity index is 1.10. The zero-order valence-corrected chi connectivity index (χ0v) is 32.6. The lowest BCUT2D eigenvalue weighted by molar-refractivity contribution is -0.265. The van der Waals surface area contributed by atoms with Gasteiger partial charge < -0.3 is 9.84 Å². The number of ether oxygens (including phenoxy) is 1. The summed E-state index contributed by atoms with van der Waals surface area (Å²) < 4.78 is 6.36. The maximum Gasteiger partial charge on any atom is 0.141 e.